The Balaban J connectivity index is 3.50. The van der Waals surface area contributed by atoms with Gasteiger partial charge in [0.2, 0.25) is 0 Å². The summed E-state index contributed by atoms with van der Waals surface area (Å²) in [5.41, 5.74) is 5.36. The summed E-state index contributed by atoms with van der Waals surface area (Å²) in [5, 5.41) is 9.77. The van der Waals surface area contributed by atoms with E-state index in [0.717, 1.165) is 25.7 Å². The fourth-order valence-electron chi connectivity index (χ4n) is 6.49. The van der Waals surface area contributed by atoms with Crippen molar-refractivity contribution < 1.29 is 9.90 Å². The highest BCUT2D eigenvalue weighted by Gasteiger charge is 2.32. The summed E-state index contributed by atoms with van der Waals surface area (Å²) in [6.07, 6.45) is 45.6. The van der Waals surface area contributed by atoms with Crippen LogP contribution in [0.25, 0.3) is 0 Å². The zero-order valence-electron chi connectivity index (χ0n) is 29.2. The second kappa shape index (κ2) is 33.3. The number of nitrogens with two attached hydrogens (primary N) is 1. The van der Waals surface area contributed by atoms with Gasteiger partial charge in [0, 0.05) is 0 Å². The average molecular weight is 594 g/mol. The average Bonchev–Trinajstić information content (AvgIpc) is 2.98. The van der Waals surface area contributed by atoms with Gasteiger partial charge < -0.3 is 10.8 Å². The van der Waals surface area contributed by atoms with Crippen molar-refractivity contribution in [3.05, 3.63) is 0 Å². The summed E-state index contributed by atoms with van der Waals surface area (Å²) >= 11 is 0. The first-order valence-electron chi connectivity index (χ1n) is 19.6. The molecule has 1 atom stereocenters. The quantitative estimate of drug-likeness (QED) is 0.0710. The molecule has 0 radical (unpaired) electrons. The lowest BCUT2D eigenvalue weighted by molar-refractivity contribution is -0.144. The normalized spacial score (nSPS) is 13.0. The number of hydrogen-bond donors (Lipinski definition) is 2. The Morgan fingerprint density at radius 2 is 0.548 bits per heavy atom. The van der Waals surface area contributed by atoms with Crippen molar-refractivity contribution in [2.45, 2.75) is 244 Å². The second-order valence-corrected chi connectivity index (χ2v) is 13.9. The van der Waals surface area contributed by atoms with Crippen LogP contribution in [-0.2, 0) is 4.79 Å². The zero-order chi connectivity index (χ0) is 30.8. The van der Waals surface area contributed by atoms with Crippen LogP contribution < -0.4 is 5.73 Å². The lowest BCUT2D eigenvalue weighted by Gasteiger charge is -2.24. The van der Waals surface area contributed by atoms with Crippen LogP contribution in [0.15, 0.2) is 0 Å². The number of hydrogen-bond acceptors (Lipinski definition) is 2. The molecule has 3 heteroatoms. The summed E-state index contributed by atoms with van der Waals surface area (Å²) < 4.78 is 0. The fourth-order valence-corrected chi connectivity index (χ4v) is 6.49. The van der Waals surface area contributed by atoms with E-state index in [2.05, 4.69) is 13.8 Å². The fraction of sp³-hybridized carbons (Fsp3) is 0.974. The SMILES string of the molecule is CCCCCCCCCCCCCCCCCCCC(N)(CCCCCCCCCCCCCCCCCC)C(=O)O. The van der Waals surface area contributed by atoms with Gasteiger partial charge in [0.25, 0.3) is 0 Å². The van der Waals surface area contributed by atoms with E-state index in [1.807, 2.05) is 0 Å². The molecule has 0 bridgehead atoms. The van der Waals surface area contributed by atoms with E-state index >= 15 is 0 Å². The maximum absolute atomic E-state index is 11.9. The van der Waals surface area contributed by atoms with Crippen LogP contribution in [0.5, 0.6) is 0 Å². The third kappa shape index (κ3) is 29.5. The van der Waals surface area contributed by atoms with E-state index in [4.69, 9.17) is 5.73 Å². The van der Waals surface area contributed by atoms with Crippen molar-refractivity contribution in [2.75, 3.05) is 0 Å². The molecular weight excluding hydrogens is 514 g/mol. The number of carbonyl (C=O) groups is 1. The first kappa shape index (κ1) is 41.4. The van der Waals surface area contributed by atoms with E-state index in [9.17, 15) is 9.90 Å². The summed E-state index contributed by atoms with van der Waals surface area (Å²) in [7, 11) is 0. The second-order valence-electron chi connectivity index (χ2n) is 13.9. The molecule has 252 valence electrons. The van der Waals surface area contributed by atoms with Gasteiger partial charge in [-0.2, -0.15) is 0 Å². The molecule has 3 N–H and O–H groups in total. The van der Waals surface area contributed by atoms with Crippen molar-refractivity contribution in [2.24, 2.45) is 5.73 Å². The van der Waals surface area contributed by atoms with Gasteiger partial charge in [-0.15, -0.1) is 0 Å². The van der Waals surface area contributed by atoms with Crippen molar-refractivity contribution in [1.29, 1.82) is 0 Å². The monoisotopic (exact) mass is 594 g/mol. The predicted octanol–water partition coefficient (Wildman–Crippen LogP) is 13.5. The van der Waals surface area contributed by atoms with Crippen molar-refractivity contribution in [3.8, 4) is 0 Å². The number of carboxylic acids is 1. The molecule has 0 aliphatic heterocycles. The molecule has 0 aromatic heterocycles. The van der Waals surface area contributed by atoms with Crippen LogP contribution in [0.4, 0.5) is 0 Å². The largest absolute Gasteiger partial charge is 0.480 e. The van der Waals surface area contributed by atoms with Gasteiger partial charge in [-0.3, -0.25) is 4.79 Å². The van der Waals surface area contributed by atoms with Crippen LogP contribution in [0.2, 0.25) is 0 Å². The Morgan fingerprint density at radius 1 is 0.381 bits per heavy atom. The molecule has 0 aliphatic carbocycles. The Kier molecular flexibility index (Phi) is 32.9. The minimum atomic E-state index is -1.01. The van der Waals surface area contributed by atoms with Crippen molar-refractivity contribution >= 4 is 5.97 Å². The van der Waals surface area contributed by atoms with E-state index in [1.165, 1.54) is 186 Å². The van der Waals surface area contributed by atoms with Crippen molar-refractivity contribution in [3.63, 3.8) is 0 Å². The maximum Gasteiger partial charge on any atom is 0.323 e. The van der Waals surface area contributed by atoms with Gasteiger partial charge in [0.1, 0.15) is 5.54 Å². The lowest BCUT2D eigenvalue weighted by atomic mass is 9.87. The van der Waals surface area contributed by atoms with Gasteiger partial charge in [0.05, 0.1) is 0 Å². The molecule has 0 saturated carbocycles. The molecule has 0 spiro atoms. The Hall–Kier alpha value is -0.570. The highest BCUT2D eigenvalue weighted by atomic mass is 16.4. The Labute approximate surface area is 265 Å². The molecule has 42 heavy (non-hydrogen) atoms. The molecule has 0 rings (SSSR count). The maximum atomic E-state index is 11.9. The van der Waals surface area contributed by atoms with Gasteiger partial charge >= 0.3 is 5.97 Å². The standard InChI is InChI=1S/C39H79NO2/c1-3-5-7-9-11-13-15-17-19-21-23-25-27-29-31-33-35-37-39(40,38(41)42)36-34-32-30-28-26-24-22-20-18-16-14-12-10-8-6-4-2/h3-37,40H2,1-2H3,(H,41,42). The predicted molar refractivity (Wildman–Crippen MR) is 187 cm³/mol. The molecule has 0 amide bonds. The van der Waals surface area contributed by atoms with Gasteiger partial charge in [-0.1, -0.05) is 226 Å². The molecule has 3 nitrogen and oxygen atoms in total. The minimum Gasteiger partial charge on any atom is -0.480 e. The van der Waals surface area contributed by atoms with Crippen molar-refractivity contribution in [1.82, 2.24) is 0 Å². The van der Waals surface area contributed by atoms with Crippen LogP contribution in [-0.4, -0.2) is 16.6 Å². The first-order valence-corrected chi connectivity index (χ1v) is 19.6. The molecule has 0 heterocycles. The van der Waals surface area contributed by atoms with Gasteiger partial charge in [-0.25, -0.2) is 0 Å². The molecule has 0 fully saturated rings. The van der Waals surface area contributed by atoms with E-state index in [-0.39, 0.29) is 0 Å². The summed E-state index contributed by atoms with van der Waals surface area (Å²) in [6.45, 7) is 4.57. The third-order valence-electron chi connectivity index (χ3n) is 9.63. The highest BCUT2D eigenvalue weighted by Crippen LogP contribution is 2.22. The van der Waals surface area contributed by atoms with Crippen LogP contribution >= 0.6 is 0 Å². The molecule has 0 aromatic rings. The number of aliphatic carboxylic acids is 1. The molecule has 1 unspecified atom stereocenters. The smallest absolute Gasteiger partial charge is 0.323 e. The highest BCUT2D eigenvalue weighted by molar-refractivity contribution is 5.78. The van der Waals surface area contributed by atoms with Crippen LogP contribution in [0.3, 0.4) is 0 Å². The number of carboxylic acid groups (broad SMARTS) is 1. The lowest BCUT2D eigenvalue weighted by Crippen LogP contribution is -2.47. The van der Waals surface area contributed by atoms with E-state index in [1.54, 1.807) is 0 Å². The number of unbranched alkanes of at least 4 members (excludes halogenated alkanes) is 31. The Bertz CT molecular complexity index is 536. The molecule has 0 saturated heterocycles. The van der Waals surface area contributed by atoms with E-state index in [0.29, 0.717) is 12.8 Å². The summed E-state index contributed by atoms with van der Waals surface area (Å²) in [5.74, 6) is -0.792. The topological polar surface area (TPSA) is 63.3 Å². The third-order valence-corrected chi connectivity index (χ3v) is 9.63. The number of rotatable bonds is 36. The van der Waals surface area contributed by atoms with Crippen LogP contribution in [0.1, 0.15) is 239 Å². The molecule has 0 aliphatic rings. The van der Waals surface area contributed by atoms with Gasteiger partial charge in [-0.05, 0) is 12.8 Å². The van der Waals surface area contributed by atoms with Gasteiger partial charge in [0.15, 0.2) is 0 Å². The van der Waals surface area contributed by atoms with E-state index < -0.39 is 11.5 Å². The molecule has 0 aromatic carbocycles. The van der Waals surface area contributed by atoms with Crippen LogP contribution in [0, 0.1) is 0 Å². The first-order chi connectivity index (χ1) is 20.6. The zero-order valence-corrected chi connectivity index (χ0v) is 29.2. The summed E-state index contributed by atoms with van der Waals surface area (Å²) in [4.78, 5) is 11.9. The Morgan fingerprint density at radius 3 is 0.714 bits per heavy atom. The minimum absolute atomic E-state index is 0.639. The summed E-state index contributed by atoms with van der Waals surface area (Å²) in [6, 6.07) is 0. The molecular formula is C39H79NO2.